The number of hydrogen-bond acceptors (Lipinski definition) is 2. The molecule has 0 amide bonds. The van der Waals surface area contributed by atoms with Gasteiger partial charge in [0.1, 0.15) is 0 Å². The van der Waals surface area contributed by atoms with Crippen LogP contribution in [0.5, 0.6) is 0 Å². The first-order chi connectivity index (χ1) is 9.83. The normalized spacial score (nSPS) is 17.5. The molecular weight excluding hydrogens is 280 g/mol. The maximum atomic E-state index is 3.47. The van der Waals surface area contributed by atoms with E-state index in [4.69, 9.17) is 0 Å². The molecule has 1 aromatic carbocycles. The summed E-state index contributed by atoms with van der Waals surface area (Å²) in [5, 5.41) is 3.47. The second-order valence-corrected chi connectivity index (χ2v) is 6.03. The number of benzene rings is 1. The van der Waals surface area contributed by atoms with E-state index in [1.165, 1.54) is 57.4 Å². The van der Waals surface area contributed by atoms with Gasteiger partial charge >= 0.3 is 0 Å². The summed E-state index contributed by atoms with van der Waals surface area (Å²) in [6.45, 7) is 9.52. The number of nitrogens with zero attached hydrogens (tertiary/aromatic N) is 1. The van der Waals surface area contributed by atoms with Crippen molar-refractivity contribution in [3.05, 3.63) is 35.9 Å². The van der Waals surface area contributed by atoms with Crippen molar-refractivity contribution in [2.24, 2.45) is 5.92 Å². The molecule has 0 saturated carbocycles. The Morgan fingerprint density at radius 3 is 2.38 bits per heavy atom. The van der Waals surface area contributed by atoms with E-state index in [0.717, 1.165) is 5.92 Å². The van der Waals surface area contributed by atoms with Gasteiger partial charge in [0, 0.05) is 12.6 Å². The summed E-state index contributed by atoms with van der Waals surface area (Å²) < 4.78 is 0. The third kappa shape index (κ3) is 5.98. The Balaban J connectivity index is 0.00000220. The molecular formula is C18H31ClN2. The minimum atomic E-state index is 0. The molecule has 2 nitrogen and oxygen atoms in total. The third-order valence-electron chi connectivity index (χ3n) is 4.66. The molecule has 1 unspecified atom stereocenters. The fourth-order valence-corrected chi connectivity index (χ4v) is 3.35. The third-order valence-corrected chi connectivity index (χ3v) is 4.66. The van der Waals surface area contributed by atoms with Gasteiger partial charge in [-0.2, -0.15) is 0 Å². The summed E-state index contributed by atoms with van der Waals surface area (Å²) in [4.78, 5) is 2.71. The van der Waals surface area contributed by atoms with Crippen molar-refractivity contribution >= 4 is 12.4 Å². The average Bonchev–Trinajstić information content (AvgIpc) is 2.52. The lowest BCUT2D eigenvalue weighted by atomic mass is 9.95. The molecule has 2 rings (SSSR count). The zero-order valence-corrected chi connectivity index (χ0v) is 14.4. The van der Waals surface area contributed by atoms with E-state index in [1.54, 1.807) is 0 Å². The van der Waals surface area contributed by atoms with Gasteiger partial charge in [-0.15, -0.1) is 12.4 Å². The lowest BCUT2D eigenvalue weighted by molar-refractivity contribution is 0.154. The Morgan fingerprint density at radius 2 is 1.81 bits per heavy atom. The highest BCUT2D eigenvalue weighted by molar-refractivity contribution is 5.85. The number of piperidine rings is 1. The van der Waals surface area contributed by atoms with Crippen molar-refractivity contribution in [1.82, 2.24) is 10.2 Å². The van der Waals surface area contributed by atoms with E-state index in [2.05, 4.69) is 54.4 Å². The Morgan fingerprint density at radius 1 is 1.14 bits per heavy atom. The van der Waals surface area contributed by atoms with Crippen LogP contribution in [-0.2, 0) is 6.42 Å². The van der Waals surface area contributed by atoms with Gasteiger partial charge in [-0.1, -0.05) is 44.2 Å². The molecule has 1 aromatic rings. The van der Waals surface area contributed by atoms with Crippen molar-refractivity contribution in [2.75, 3.05) is 26.2 Å². The molecule has 0 spiro atoms. The van der Waals surface area contributed by atoms with Crippen LogP contribution in [0.1, 0.15) is 38.7 Å². The average molecular weight is 311 g/mol. The van der Waals surface area contributed by atoms with E-state index in [-0.39, 0.29) is 12.4 Å². The molecule has 0 aliphatic carbocycles. The maximum Gasteiger partial charge on any atom is 0.0133 e. The van der Waals surface area contributed by atoms with Crippen LogP contribution in [0.4, 0.5) is 0 Å². The van der Waals surface area contributed by atoms with Crippen LogP contribution in [0.2, 0.25) is 0 Å². The number of hydrogen-bond donors (Lipinski definition) is 1. The summed E-state index contributed by atoms with van der Waals surface area (Å²) in [5.74, 6) is 0.890. The van der Waals surface area contributed by atoms with E-state index in [1.807, 2.05) is 0 Å². The van der Waals surface area contributed by atoms with E-state index in [0.29, 0.717) is 6.04 Å². The number of halogens is 1. The molecule has 120 valence electrons. The first-order valence-electron chi connectivity index (χ1n) is 8.32. The van der Waals surface area contributed by atoms with Crippen LogP contribution in [0, 0.1) is 5.92 Å². The highest BCUT2D eigenvalue weighted by atomic mass is 35.5. The number of nitrogens with one attached hydrogen (secondary N) is 1. The van der Waals surface area contributed by atoms with Crippen molar-refractivity contribution in [3.8, 4) is 0 Å². The summed E-state index contributed by atoms with van der Waals surface area (Å²) in [6.07, 6.45) is 5.13. The highest BCUT2D eigenvalue weighted by Gasteiger charge is 2.21. The first-order valence-corrected chi connectivity index (χ1v) is 8.32. The summed E-state index contributed by atoms with van der Waals surface area (Å²) >= 11 is 0. The fourth-order valence-electron chi connectivity index (χ4n) is 3.35. The molecule has 1 aliphatic heterocycles. The predicted molar refractivity (Wildman–Crippen MR) is 94.3 cm³/mol. The second kappa shape index (κ2) is 10.2. The van der Waals surface area contributed by atoms with Gasteiger partial charge in [-0.25, -0.2) is 0 Å². The first kappa shape index (κ1) is 18.5. The van der Waals surface area contributed by atoms with Gasteiger partial charge in [0.25, 0.3) is 0 Å². The smallest absolute Gasteiger partial charge is 0.0133 e. The minimum Gasteiger partial charge on any atom is -0.317 e. The quantitative estimate of drug-likeness (QED) is 0.825. The Labute approximate surface area is 136 Å². The summed E-state index contributed by atoms with van der Waals surface area (Å²) in [6, 6.07) is 11.6. The molecule has 1 N–H and O–H groups in total. The monoisotopic (exact) mass is 310 g/mol. The minimum absolute atomic E-state index is 0. The number of rotatable bonds is 7. The fraction of sp³-hybridized carbons (Fsp3) is 0.667. The van der Waals surface area contributed by atoms with Crippen LogP contribution in [0.25, 0.3) is 0 Å². The van der Waals surface area contributed by atoms with Gasteiger partial charge in [0.05, 0.1) is 0 Å². The second-order valence-electron chi connectivity index (χ2n) is 6.03. The van der Waals surface area contributed by atoms with Crippen LogP contribution in [0.15, 0.2) is 30.3 Å². The Kier molecular flexibility index (Phi) is 8.98. The van der Waals surface area contributed by atoms with Gasteiger partial charge in [0.2, 0.25) is 0 Å². The SMILES string of the molecule is CCC(Cc1ccccc1)N(CC)CC1CCNCC1.Cl. The van der Waals surface area contributed by atoms with Crippen molar-refractivity contribution in [2.45, 2.75) is 45.6 Å². The molecule has 1 aliphatic rings. The summed E-state index contributed by atoms with van der Waals surface area (Å²) in [5.41, 5.74) is 1.48. The van der Waals surface area contributed by atoms with Gasteiger partial charge in [0.15, 0.2) is 0 Å². The molecule has 0 radical (unpaired) electrons. The number of likely N-dealkylation sites (N-methyl/N-ethyl adjacent to an activating group) is 1. The molecule has 0 bridgehead atoms. The molecule has 21 heavy (non-hydrogen) atoms. The van der Waals surface area contributed by atoms with Crippen LogP contribution < -0.4 is 5.32 Å². The lowest BCUT2D eigenvalue weighted by Gasteiger charge is -2.35. The van der Waals surface area contributed by atoms with Crippen molar-refractivity contribution in [1.29, 1.82) is 0 Å². The van der Waals surface area contributed by atoms with Gasteiger partial charge in [-0.05, 0) is 56.8 Å². The van der Waals surface area contributed by atoms with Crippen LogP contribution >= 0.6 is 12.4 Å². The Bertz CT molecular complexity index is 363. The Hall–Kier alpha value is -0.570. The van der Waals surface area contributed by atoms with E-state index < -0.39 is 0 Å². The summed E-state index contributed by atoms with van der Waals surface area (Å²) in [7, 11) is 0. The van der Waals surface area contributed by atoms with Gasteiger partial charge in [-0.3, -0.25) is 0 Å². The van der Waals surface area contributed by atoms with Crippen LogP contribution in [0.3, 0.4) is 0 Å². The molecule has 1 saturated heterocycles. The van der Waals surface area contributed by atoms with Crippen molar-refractivity contribution in [3.63, 3.8) is 0 Å². The zero-order valence-electron chi connectivity index (χ0n) is 13.6. The molecule has 1 heterocycles. The molecule has 1 fully saturated rings. The maximum absolute atomic E-state index is 3.47. The van der Waals surface area contributed by atoms with Crippen LogP contribution in [-0.4, -0.2) is 37.1 Å². The van der Waals surface area contributed by atoms with Crippen molar-refractivity contribution < 1.29 is 0 Å². The lowest BCUT2D eigenvalue weighted by Crippen LogP contribution is -2.42. The zero-order chi connectivity index (χ0) is 14.2. The van der Waals surface area contributed by atoms with Gasteiger partial charge < -0.3 is 10.2 Å². The van der Waals surface area contributed by atoms with E-state index in [9.17, 15) is 0 Å². The molecule has 0 aromatic heterocycles. The van der Waals surface area contributed by atoms with E-state index >= 15 is 0 Å². The largest absolute Gasteiger partial charge is 0.317 e. The standard InChI is InChI=1S/C18H30N2.ClH/c1-3-18(14-16-8-6-5-7-9-16)20(4-2)15-17-10-12-19-13-11-17;/h5-9,17-19H,3-4,10-15H2,1-2H3;1H. The molecule has 3 heteroatoms. The molecule has 1 atom stereocenters. The topological polar surface area (TPSA) is 15.3 Å². The predicted octanol–water partition coefficient (Wildman–Crippen LogP) is 3.75. The highest BCUT2D eigenvalue weighted by Crippen LogP contribution is 2.18.